The summed E-state index contributed by atoms with van der Waals surface area (Å²) < 4.78 is 13.2. The number of halogens is 1. The van der Waals surface area contributed by atoms with Crippen LogP contribution in [0.1, 0.15) is 18.7 Å². The summed E-state index contributed by atoms with van der Waals surface area (Å²) in [5.74, 6) is 1.40. The summed E-state index contributed by atoms with van der Waals surface area (Å²) >= 11 is 3.31. The van der Waals surface area contributed by atoms with Crippen LogP contribution in [0.4, 0.5) is 11.6 Å². The molecular formula is C18H16BrN5O3. The van der Waals surface area contributed by atoms with E-state index in [1.807, 2.05) is 19.1 Å². The molecule has 0 radical (unpaired) electrons. The lowest BCUT2D eigenvalue weighted by Gasteiger charge is -2.27. The van der Waals surface area contributed by atoms with Crippen molar-refractivity contribution in [3.63, 3.8) is 0 Å². The zero-order valence-corrected chi connectivity index (χ0v) is 16.1. The quantitative estimate of drug-likeness (QED) is 0.658. The van der Waals surface area contributed by atoms with E-state index in [1.165, 1.54) is 6.33 Å². The molecule has 2 aromatic heterocycles. The van der Waals surface area contributed by atoms with Gasteiger partial charge in [-0.05, 0) is 47.1 Å². The fourth-order valence-corrected chi connectivity index (χ4v) is 3.38. The van der Waals surface area contributed by atoms with Gasteiger partial charge in [0, 0.05) is 5.70 Å². The molecule has 0 aliphatic carbocycles. The van der Waals surface area contributed by atoms with Gasteiger partial charge in [-0.2, -0.15) is 10.1 Å². The molecule has 1 atom stereocenters. The molecule has 0 bridgehead atoms. The number of para-hydroxylation sites is 2. The van der Waals surface area contributed by atoms with Gasteiger partial charge in [-0.25, -0.2) is 4.68 Å². The van der Waals surface area contributed by atoms with Crippen molar-refractivity contribution in [1.82, 2.24) is 14.8 Å². The number of ether oxygens (including phenoxy) is 1. The fraction of sp³-hybridized carbons (Fsp3) is 0.167. The lowest BCUT2D eigenvalue weighted by Crippen LogP contribution is -2.31. The van der Waals surface area contributed by atoms with Crippen molar-refractivity contribution >= 4 is 33.5 Å². The standard InChI is InChI=1S/C18H16BrN5O3/c1-10-15(17(25)23-11-5-3-4-6-12(11)26-2)16(13-7-8-14(19)27-13)24-18(22-10)20-9-21-24/h3-9,16H,1-2H3,(H,23,25)(H,20,21,22). The van der Waals surface area contributed by atoms with E-state index in [9.17, 15) is 4.79 Å². The van der Waals surface area contributed by atoms with Crippen molar-refractivity contribution in [2.45, 2.75) is 13.0 Å². The molecule has 9 heteroatoms. The number of hydrogen-bond donors (Lipinski definition) is 2. The predicted octanol–water partition coefficient (Wildman–Crippen LogP) is 3.57. The number of allylic oxidation sites excluding steroid dienone is 1. The Labute approximate surface area is 163 Å². The molecule has 1 aliphatic heterocycles. The van der Waals surface area contributed by atoms with Crippen LogP contribution in [0, 0.1) is 0 Å². The summed E-state index contributed by atoms with van der Waals surface area (Å²) in [6, 6.07) is 10.3. The van der Waals surface area contributed by atoms with Crippen molar-refractivity contribution in [2.24, 2.45) is 0 Å². The molecule has 27 heavy (non-hydrogen) atoms. The van der Waals surface area contributed by atoms with E-state index in [4.69, 9.17) is 9.15 Å². The SMILES string of the molecule is COc1ccccc1NC(=O)C1=C(C)Nc2ncnn2C1c1ccc(Br)o1. The molecule has 1 aromatic carbocycles. The minimum absolute atomic E-state index is 0.289. The third-order valence-corrected chi connectivity index (χ3v) is 4.68. The van der Waals surface area contributed by atoms with Gasteiger partial charge in [0.25, 0.3) is 5.91 Å². The summed E-state index contributed by atoms with van der Waals surface area (Å²) in [6.45, 7) is 1.82. The Balaban J connectivity index is 1.75. The maximum Gasteiger partial charge on any atom is 0.256 e. The third kappa shape index (κ3) is 3.10. The molecular weight excluding hydrogens is 414 g/mol. The average molecular weight is 430 g/mol. The first-order valence-electron chi connectivity index (χ1n) is 8.15. The molecule has 0 spiro atoms. The van der Waals surface area contributed by atoms with E-state index in [-0.39, 0.29) is 5.91 Å². The number of carbonyl (C=O) groups excluding carboxylic acids is 1. The van der Waals surface area contributed by atoms with Crippen LogP contribution >= 0.6 is 15.9 Å². The van der Waals surface area contributed by atoms with Crippen LogP contribution < -0.4 is 15.4 Å². The van der Waals surface area contributed by atoms with Crippen LogP contribution in [0.2, 0.25) is 0 Å². The molecule has 1 unspecified atom stereocenters. The van der Waals surface area contributed by atoms with Crippen LogP contribution in [-0.2, 0) is 4.79 Å². The van der Waals surface area contributed by atoms with E-state index in [1.54, 1.807) is 36.1 Å². The monoisotopic (exact) mass is 429 g/mol. The molecule has 138 valence electrons. The first-order chi connectivity index (χ1) is 13.1. The molecule has 1 amide bonds. The third-order valence-electron chi connectivity index (χ3n) is 4.26. The maximum atomic E-state index is 13.2. The first-order valence-corrected chi connectivity index (χ1v) is 8.94. The highest BCUT2D eigenvalue weighted by Crippen LogP contribution is 2.37. The Morgan fingerprint density at radius 2 is 2.15 bits per heavy atom. The van der Waals surface area contributed by atoms with Crippen molar-refractivity contribution in [3.05, 3.63) is 64.4 Å². The molecule has 1 aliphatic rings. The summed E-state index contributed by atoms with van der Waals surface area (Å²) in [6.07, 6.45) is 1.43. The molecule has 3 heterocycles. The second kappa shape index (κ2) is 6.92. The molecule has 8 nitrogen and oxygen atoms in total. The summed E-state index contributed by atoms with van der Waals surface area (Å²) in [7, 11) is 1.56. The van der Waals surface area contributed by atoms with E-state index >= 15 is 0 Å². The Morgan fingerprint density at radius 1 is 1.33 bits per heavy atom. The molecule has 0 saturated heterocycles. The fourth-order valence-electron chi connectivity index (χ4n) is 3.06. The van der Waals surface area contributed by atoms with Gasteiger partial charge in [0.15, 0.2) is 4.67 Å². The Morgan fingerprint density at radius 3 is 2.89 bits per heavy atom. The predicted molar refractivity (Wildman–Crippen MR) is 103 cm³/mol. The number of amides is 1. The number of anilines is 2. The van der Waals surface area contributed by atoms with Crippen LogP contribution in [0.5, 0.6) is 5.75 Å². The van der Waals surface area contributed by atoms with Crippen LogP contribution in [0.3, 0.4) is 0 Å². The first kappa shape index (κ1) is 17.3. The minimum Gasteiger partial charge on any atom is -0.495 e. The number of carbonyl (C=O) groups is 1. The van der Waals surface area contributed by atoms with Gasteiger partial charge >= 0.3 is 0 Å². The lowest BCUT2D eigenvalue weighted by atomic mass is 10.00. The second-order valence-electron chi connectivity index (χ2n) is 5.89. The number of nitrogens with zero attached hydrogens (tertiary/aromatic N) is 3. The number of rotatable bonds is 4. The van der Waals surface area contributed by atoms with Crippen molar-refractivity contribution in [1.29, 1.82) is 0 Å². The van der Waals surface area contributed by atoms with Gasteiger partial charge in [0.2, 0.25) is 5.95 Å². The molecule has 3 aromatic rings. The summed E-state index contributed by atoms with van der Waals surface area (Å²) in [5.41, 5.74) is 1.72. The number of furan rings is 1. The van der Waals surface area contributed by atoms with Gasteiger partial charge < -0.3 is 19.8 Å². The zero-order chi connectivity index (χ0) is 19.0. The Kier molecular flexibility index (Phi) is 4.44. The lowest BCUT2D eigenvalue weighted by molar-refractivity contribution is -0.113. The number of aromatic nitrogens is 3. The number of nitrogens with one attached hydrogen (secondary N) is 2. The smallest absolute Gasteiger partial charge is 0.256 e. The van der Waals surface area contributed by atoms with E-state index < -0.39 is 6.04 Å². The largest absolute Gasteiger partial charge is 0.495 e. The zero-order valence-electron chi connectivity index (χ0n) is 14.6. The minimum atomic E-state index is -0.551. The summed E-state index contributed by atoms with van der Waals surface area (Å²) in [5, 5.41) is 10.3. The van der Waals surface area contributed by atoms with Crippen LogP contribution in [0.15, 0.2) is 63.1 Å². The normalized spacial score (nSPS) is 15.9. The van der Waals surface area contributed by atoms with E-state index in [0.717, 1.165) is 0 Å². The highest BCUT2D eigenvalue weighted by molar-refractivity contribution is 9.10. The van der Waals surface area contributed by atoms with Crippen LogP contribution in [-0.4, -0.2) is 27.8 Å². The molecule has 4 rings (SSSR count). The Hall–Kier alpha value is -3.07. The summed E-state index contributed by atoms with van der Waals surface area (Å²) in [4.78, 5) is 17.4. The van der Waals surface area contributed by atoms with E-state index in [0.29, 0.717) is 39.1 Å². The molecule has 2 N–H and O–H groups in total. The van der Waals surface area contributed by atoms with Gasteiger partial charge in [-0.15, -0.1) is 0 Å². The second-order valence-corrected chi connectivity index (χ2v) is 6.67. The average Bonchev–Trinajstić information content (AvgIpc) is 3.29. The van der Waals surface area contributed by atoms with Gasteiger partial charge in [-0.1, -0.05) is 12.1 Å². The maximum absolute atomic E-state index is 13.2. The highest BCUT2D eigenvalue weighted by atomic mass is 79.9. The highest BCUT2D eigenvalue weighted by Gasteiger charge is 2.35. The van der Waals surface area contributed by atoms with Gasteiger partial charge in [0.05, 0.1) is 18.4 Å². The molecule has 0 saturated carbocycles. The Bertz CT molecular complexity index is 1040. The number of fused-ring (bicyclic) bond motifs is 1. The van der Waals surface area contributed by atoms with Crippen LogP contribution in [0.25, 0.3) is 0 Å². The topological polar surface area (TPSA) is 94.2 Å². The van der Waals surface area contributed by atoms with Crippen molar-refractivity contribution in [2.75, 3.05) is 17.7 Å². The number of methoxy groups -OCH3 is 1. The number of benzene rings is 1. The molecule has 0 fully saturated rings. The van der Waals surface area contributed by atoms with Gasteiger partial charge in [0.1, 0.15) is 23.9 Å². The van der Waals surface area contributed by atoms with Crippen molar-refractivity contribution in [3.8, 4) is 5.75 Å². The van der Waals surface area contributed by atoms with Gasteiger partial charge in [-0.3, -0.25) is 4.79 Å². The number of hydrogen-bond acceptors (Lipinski definition) is 6. The van der Waals surface area contributed by atoms with E-state index in [2.05, 4.69) is 36.6 Å². The van der Waals surface area contributed by atoms with Crippen molar-refractivity contribution < 1.29 is 13.9 Å².